The van der Waals surface area contributed by atoms with Gasteiger partial charge in [-0.05, 0) is 29.7 Å². The van der Waals surface area contributed by atoms with Gasteiger partial charge in [0.05, 0.1) is 24.7 Å². The topological polar surface area (TPSA) is 166 Å². The van der Waals surface area contributed by atoms with Gasteiger partial charge in [-0.2, -0.15) is 9.97 Å². The van der Waals surface area contributed by atoms with E-state index in [1.54, 1.807) is 42.5 Å². The minimum atomic E-state index is -1.14. The zero-order chi connectivity index (χ0) is 31.3. The fourth-order valence-electron chi connectivity index (χ4n) is 5.84. The average molecular weight is 614 g/mol. The molecule has 0 bridgehead atoms. The summed E-state index contributed by atoms with van der Waals surface area (Å²) < 4.78 is 15.5. The smallest absolute Gasteiger partial charge is 0.226 e. The molecule has 1 aliphatic carbocycles. The number of carbonyl (C=O) groups excluding carboxylic acids is 1. The van der Waals surface area contributed by atoms with E-state index in [0.717, 1.165) is 16.8 Å². The summed E-state index contributed by atoms with van der Waals surface area (Å²) in [6.07, 6.45) is 3.92. The molecular weight excluding hydrogens is 577 g/mol. The van der Waals surface area contributed by atoms with E-state index >= 15 is 0 Å². The van der Waals surface area contributed by atoms with E-state index in [1.807, 2.05) is 30.3 Å². The highest BCUT2D eigenvalue weighted by Crippen LogP contribution is 2.35. The van der Waals surface area contributed by atoms with Crippen LogP contribution in [0.15, 0.2) is 73.4 Å². The van der Waals surface area contributed by atoms with Crippen molar-refractivity contribution in [2.45, 2.75) is 56.4 Å². The Balaban J connectivity index is 1.32. The first kappa shape index (κ1) is 30.2. The molecule has 1 saturated carbocycles. The van der Waals surface area contributed by atoms with Crippen molar-refractivity contribution < 1.29 is 19.4 Å². The third kappa shape index (κ3) is 6.64. The SMILES string of the molecule is CCC(=O)N[C@H]1C[C@@H](n2cnc3c(NCC(c4ccccc4)c4ccc(F)cc4)nc(NCCc4cnc[nH]4)nc32)[C@H](O)[C@@H]1O. The molecule has 6 N–H and O–H groups in total. The molecule has 2 aromatic carbocycles. The molecule has 5 aromatic rings. The van der Waals surface area contributed by atoms with Crippen LogP contribution in [0.25, 0.3) is 11.2 Å². The minimum Gasteiger partial charge on any atom is -0.388 e. The van der Waals surface area contributed by atoms with Crippen molar-refractivity contribution in [1.82, 2.24) is 34.8 Å². The summed E-state index contributed by atoms with van der Waals surface area (Å²) in [7, 11) is 0. The molecule has 234 valence electrons. The Labute approximate surface area is 259 Å². The zero-order valence-corrected chi connectivity index (χ0v) is 24.8. The van der Waals surface area contributed by atoms with Crippen molar-refractivity contribution in [3.63, 3.8) is 0 Å². The molecule has 13 heteroatoms. The number of carbonyl (C=O) groups is 1. The maximum atomic E-state index is 13.8. The number of hydrogen-bond acceptors (Lipinski definition) is 9. The molecule has 1 fully saturated rings. The number of anilines is 2. The molecule has 0 radical (unpaired) electrons. The van der Waals surface area contributed by atoms with Crippen LogP contribution in [-0.4, -0.2) is 76.9 Å². The number of nitrogens with one attached hydrogen (secondary N) is 4. The number of aromatic amines is 1. The van der Waals surface area contributed by atoms with Crippen molar-refractivity contribution in [1.29, 1.82) is 0 Å². The summed E-state index contributed by atoms with van der Waals surface area (Å²) in [6, 6.07) is 15.2. The number of hydrogen-bond donors (Lipinski definition) is 6. The van der Waals surface area contributed by atoms with Crippen LogP contribution in [0, 0.1) is 5.82 Å². The summed E-state index contributed by atoms with van der Waals surface area (Å²) in [5.41, 5.74) is 3.90. The first-order valence-electron chi connectivity index (χ1n) is 15.1. The lowest BCUT2D eigenvalue weighted by molar-refractivity contribution is -0.122. The number of imidazole rings is 2. The summed E-state index contributed by atoms with van der Waals surface area (Å²) >= 11 is 0. The molecule has 6 rings (SSSR count). The van der Waals surface area contributed by atoms with E-state index < -0.39 is 24.3 Å². The second-order valence-corrected chi connectivity index (χ2v) is 11.2. The average Bonchev–Trinajstić information content (AvgIpc) is 3.79. The Kier molecular flexibility index (Phi) is 8.98. The number of nitrogens with zero attached hydrogens (tertiary/aromatic N) is 5. The highest BCUT2D eigenvalue weighted by molar-refractivity contribution is 5.84. The number of rotatable bonds is 12. The monoisotopic (exact) mass is 613 g/mol. The molecule has 0 saturated heterocycles. The van der Waals surface area contributed by atoms with Crippen LogP contribution in [0.2, 0.25) is 0 Å². The number of aromatic nitrogens is 6. The predicted octanol–water partition coefficient (Wildman–Crippen LogP) is 3.15. The first-order chi connectivity index (χ1) is 21.9. The van der Waals surface area contributed by atoms with E-state index in [-0.39, 0.29) is 24.1 Å². The van der Waals surface area contributed by atoms with Gasteiger partial charge in [-0.3, -0.25) is 4.79 Å². The third-order valence-electron chi connectivity index (χ3n) is 8.28. The van der Waals surface area contributed by atoms with Gasteiger partial charge < -0.3 is 35.7 Å². The Morgan fingerprint density at radius 2 is 1.84 bits per heavy atom. The largest absolute Gasteiger partial charge is 0.388 e. The van der Waals surface area contributed by atoms with E-state index in [1.165, 1.54) is 12.1 Å². The van der Waals surface area contributed by atoms with Gasteiger partial charge in [-0.1, -0.05) is 49.4 Å². The molecule has 1 amide bonds. The molecule has 1 unspecified atom stereocenters. The van der Waals surface area contributed by atoms with Crippen molar-refractivity contribution >= 4 is 28.8 Å². The Morgan fingerprint density at radius 1 is 1.07 bits per heavy atom. The van der Waals surface area contributed by atoms with Gasteiger partial charge in [0.2, 0.25) is 11.9 Å². The minimum absolute atomic E-state index is 0.120. The van der Waals surface area contributed by atoms with Gasteiger partial charge in [0.25, 0.3) is 0 Å². The van der Waals surface area contributed by atoms with Crippen LogP contribution in [0.5, 0.6) is 0 Å². The van der Waals surface area contributed by atoms with Gasteiger partial charge in [0.1, 0.15) is 18.0 Å². The highest BCUT2D eigenvalue weighted by Gasteiger charge is 2.43. The van der Waals surface area contributed by atoms with Crippen LogP contribution in [0.1, 0.15) is 48.5 Å². The van der Waals surface area contributed by atoms with E-state index in [9.17, 15) is 19.4 Å². The standard InChI is InChI=1S/C32H36FN9O3/c1-2-26(43)39-24-14-25(29(45)28(24)44)42-18-38-27-30(40-32(41-31(27)42)35-13-12-22-15-34-17-37-22)36-16-23(19-6-4-3-5-7-19)20-8-10-21(33)11-9-20/h3-11,15,17-18,23-25,28-29,44-45H,2,12-14,16H2,1H3,(H,34,37)(H,39,43)(H2,35,36,40,41)/t23?,24-,25+,28+,29-/m0/s1. The normalized spacial score (nSPS) is 20.3. The van der Waals surface area contributed by atoms with Crippen LogP contribution in [0.3, 0.4) is 0 Å². The fraction of sp³-hybridized carbons (Fsp3) is 0.344. The predicted molar refractivity (Wildman–Crippen MR) is 167 cm³/mol. The number of aliphatic hydroxyl groups is 2. The second-order valence-electron chi connectivity index (χ2n) is 11.2. The molecule has 12 nitrogen and oxygen atoms in total. The van der Waals surface area contributed by atoms with E-state index in [4.69, 9.17) is 9.97 Å². The molecule has 0 spiro atoms. The maximum Gasteiger partial charge on any atom is 0.226 e. The van der Waals surface area contributed by atoms with Crippen LogP contribution in [-0.2, 0) is 11.2 Å². The fourth-order valence-corrected chi connectivity index (χ4v) is 5.84. The van der Waals surface area contributed by atoms with Gasteiger partial charge in [0, 0.05) is 43.7 Å². The van der Waals surface area contributed by atoms with Gasteiger partial charge in [-0.25, -0.2) is 14.4 Å². The van der Waals surface area contributed by atoms with E-state index in [2.05, 4.69) is 30.9 Å². The molecule has 1 aliphatic rings. The van der Waals surface area contributed by atoms with Crippen molar-refractivity contribution in [2.75, 3.05) is 23.7 Å². The molecule has 3 heterocycles. The lowest BCUT2D eigenvalue weighted by atomic mass is 9.91. The Morgan fingerprint density at radius 3 is 2.58 bits per heavy atom. The van der Waals surface area contributed by atoms with Crippen LogP contribution >= 0.6 is 0 Å². The van der Waals surface area contributed by atoms with E-state index in [0.29, 0.717) is 48.9 Å². The van der Waals surface area contributed by atoms with Crippen LogP contribution < -0.4 is 16.0 Å². The number of halogens is 1. The summed E-state index contributed by atoms with van der Waals surface area (Å²) in [5.74, 6) is 0.213. The van der Waals surface area contributed by atoms with Crippen molar-refractivity contribution in [3.8, 4) is 0 Å². The lowest BCUT2D eigenvalue weighted by Crippen LogP contribution is -2.42. The quantitative estimate of drug-likeness (QED) is 0.124. The van der Waals surface area contributed by atoms with Crippen LogP contribution in [0.4, 0.5) is 16.2 Å². The lowest BCUT2D eigenvalue weighted by Gasteiger charge is -2.20. The Hall–Kier alpha value is -4.88. The maximum absolute atomic E-state index is 13.8. The number of fused-ring (bicyclic) bond motifs is 1. The Bertz CT molecular complexity index is 1710. The third-order valence-corrected chi connectivity index (χ3v) is 8.28. The molecule has 3 aromatic heterocycles. The van der Waals surface area contributed by atoms with Gasteiger partial charge in [-0.15, -0.1) is 0 Å². The van der Waals surface area contributed by atoms with Crippen molar-refractivity contribution in [2.24, 2.45) is 0 Å². The summed E-state index contributed by atoms with van der Waals surface area (Å²) in [6.45, 7) is 2.69. The highest BCUT2D eigenvalue weighted by atomic mass is 19.1. The molecular formula is C32H36FN9O3. The van der Waals surface area contributed by atoms with Gasteiger partial charge in [0.15, 0.2) is 17.0 Å². The first-order valence-corrected chi connectivity index (χ1v) is 15.1. The van der Waals surface area contributed by atoms with Gasteiger partial charge >= 0.3 is 0 Å². The zero-order valence-electron chi connectivity index (χ0n) is 24.8. The number of H-pyrrole nitrogens is 1. The summed E-state index contributed by atoms with van der Waals surface area (Å²) in [5, 5.41) is 31.3. The number of aliphatic hydroxyl groups excluding tert-OH is 2. The number of amides is 1. The number of benzene rings is 2. The second kappa shape index (κ2) is 13.4. The molecule has 0 aliphatic heterocycles. The summed E-state index contributed by atoms with van der Waals surface area (Å²) in [4.78, 5) is 33.4. The van der Waals surface area contributed by atoms with Crippen molar-refractivity contribution in [3.05, 3.63) is 96.1 Å². The molecule has 5 atom stereocenters. The molecule has 45 heavy (non-hydrogen) atoms.